The van der Waals surface area contributed by atoms with Gasteiger partial charge in [0.25, 0.3) is 0 Å². The molecule has 82 valence electrons. The first-order valence-electron chi connectivity index (χ1n) is 5.26. The molecule has 1 aliphatic rings. The summed E-state index contributed by atoms with van der Waals surface area (Å²) >= 11 is 0. The summed E-state index contributed by atoms with van der Waals surface area (Å²) in [6, 6.07) is 1.68. The molecule has 0 saturated heterocycles. The van der Waals surface area contributed by atoms with Gasteiger partial charge in [-0.2, -0.15) is 5.10 Å². The molecule has 1 amide bonds. The van der Waals surface area contributed by atoms with Crippen molar-refractivity contribution in [3.05, 3.63) is 18.0 Å². The fourth-order valence-electron chi connectivity index (χ4n) is 2.14. The predicted octanol–water partition coefficient (Wildman–Crippen LogP) is -0.0368. The normalized spacial score (nSPS) is 22.1. The van der Waals surface area contributed by atoms with Crippen LogP contribution in [0.1, 0.15) is 31.0 Å². The number of rotatable bonds is 3. The number of amides is 1. The topological polar surface area (TPSA) is 86.9 Å². The van der Waals surface area contributed by atoms with E-state index in [9.17, 15) is 4.79 Å². The van der Waals surface area contributed by atoms with Gasteiger partial charge in [0.05, 0.1) is 12.1 Å². The highest BCUT2D eigenvalue weighted by atomic mass is 16.1. The van der Waals surface area contributed by atoms with Crippen molar-refractivity contribution in [1.29, 1.82) is 0 Å². The van der Waals surface area contributed by atoms with Gasteiger partial charge in [0.2, 0.25) is 5.91 Å². The fraction of sp³-hybridized carbons (Fsp3) is 0.600. The van der Waals surface area contributed by atoms with E-state index in [1.54, 1.807) is 6.20 Å². The van der Waals surface area contributed by atoms with Crippen molar-refractivity contribution in [2.75, 3.05) is 0 Å². The Balaban J connectivity index is 2.09. The van der Waals surface area contributed by atoms with Crippen LogP contribution in [0.3, 0.4) is 0 Å². The van der Waals surface area contributed by atoms with Gasteiger partial charge in [0.1, 0.15) is 0 Å². The molecule has 2 rings (SSSR count). The third-order valence-electron chi connectivity index (χ3n) is 2.96. The van der Waals surface area contributed by atoms with Gasteiger partial charge in [0, 0.05) is 11.9 Å². The minimum Gasteiger partial charge on any atom is -0.368 e. The monoisotopic (exact) mass is 208 g/mol. The smallest absolute Gasteiger partial charge is 0.234 e. The largest absolute Gasteiger partial charge is 0.368 e. The molecule has 1 aromatic heterocycles. The fourth-order valence-corrected chi connectivity index (χ4v) is 2.14. The molecular weight excluding hydrogens is 192 g/mol. The number of hydrogen-bond acceptors (Lipinski definition) is 3. The van der Waals surface area contributed by atoms with Crippen LogP contribution < -0.4 is 11.5 Å². The molecule has 5 heteroatoms. The van der Waals surface area contributed by atoms with E-state index in [0.717, 1.165) is 19.3 Å². The van der Waals surface area contributed by atoms with Gasteiger partial charge in [-0.15, -0.1) is 0 Å². The SMILES string of the molecule is NC(=O)C(N)CC1CCCc2ccnn21. The number of aryl methyl sites for hydroxylation is 1. The first-order valence-corrected chi connectivity index (χ1v) is 5.26. The second-order valence-corrected chi connectivity index (χ2v) is 4.06. The Bertz CT molecular complexity index is 360. The van der Waals surface area contributed by atoms with E-state index in [2.05, 4.69) is 5.10 Å². The molecule has 0 radical (unpaired) electrons. The number of aromatic nitrogens is 2. The highest BCUT2D eigenvalue weighted by Gasteiger charge is 2.23. The van der Waals surface area contributed by atoms with Crippen molar-refractivity contribution in [1.82, 2.24) is 9.78 Å². The summed E-state index contributed by atoms with van der Waals surface area (Å²) in [5.74, 6) is -0.436. The standard InChI is InChI=1S/C10H16N4O/c11-9(10(12)15)6-8-3-1-2-7-4-5-13-14(7)8/h4-5,8-9H,1-3,6,11H2,(H2,12,15). The van der Waals surface area contributed by atoms with Gasteiger partial charge in [-0.05, 0) is 31.7 Å². The molecule has 5 nitrogen and oxygen atoms in total. The van der Waals surface area contributed by atoms with E-state index in [1.807, 2.05) is 10.7 Å². The maximum atomic E-state index is 10.9. The lowest BCUT2D eigenvalue weighted by atomic mass is 9.97. The maximum absolute atomic E-state index is 10.9. The summed E-state index contributed by atoms with van der Waals surface area (Å²) < 4.78 is 1.98. The Labute approximate surface area is 88.4 Å². The first-order chi connectivity index (χ1) is 7.18. The Morgan fingerprint density at radius 2 is 2.53 bits per heavy atom. The molecule has 1 aromatic rings. The molecular formula is C10H16N4O. The number of carbonyl (C=O) groups is 1. The van der Waals surface area contributed by atoms with Crippen LogP contribution in [0.4, 0.5) is 0 Å². The summed E-state index contributed by atoms with van der Waals surface area (Å²) in [5, 5.41) is 4.26. The summed E-state index contributed by atoms with van der Waals surface area (Å²) in [6.07, 6.45) is 5.59. The van der Waals surface area contributed by atoms with E-state index in [0.29, 0.717) is 6.42 Å². The van der Waals surface area contributed by atoms with Crippen LogP contribution in [0.5, 0.6) is 0 Å². The van der Waals surface area contributed by atoms with E-state index in [1.165, 1.54) is 5.69 Å². The third-order valence-corrected chi connectivity index (χ3v) is 2.96. The molecule has 1 aliphatic heterocycles. The van der Waals surface area contributed by atoms with Crippen molar-refractivity contribution in [3.8, 4) is 0 Å². The lowest BCUT2D eigenvalue weighted by Crippen LogP contribution is -2.39. The second kappa shape index (κ2) is 4.02. The predicted molar refractivity (Wildman–Crippen MR) is 56.0 cm³/mol. The minimum absolute atomic E-state index is 0.228. The first kappa shape index (κ1) is 10.2. The second-order valence-electron chi connectivity index (χ2n) is 4.06. The quantitative estimate of drug-likeness (QED) is 0.730. The zero-order chi connectivity index (χ0) is 10.8. The molecule has 0 spiro atoms. The molecule has 2 unspecified atom stereocenters. The summed E-state index contributed by atoms with van der Waals surface area (Å²) in [6.45, 7) is 0. The highest BCUT2D eigenvalue weighted by molar-refractivity contribution is 5.79. The Morgan fingerprint density at radius 3 is 3.27 bits per heavy atom. The van der Waals surface area contributed by atoms with E-state index >= 15 is 0 Å². The summed E-state index contributed by atoms with van der Waals surface area (Å²) in [4.78, 5) is 10.9. The third kappa shape index (κ3) is 2.02. The molecule has 0 saturated carbocycles. The van der Waals surface area contributed by atoms with Gasteiger partial charge in [-0.3, -0.25) is 9.48 Å². The van der Waals surface area contributed by atoms with Gasteiger partial charge < -0.3 is 11.5 Å². The van der Waals surface area contributed by atoms with E-state index in [4.69, 9.17) is 11.5 Å². The zero-order valence-electron chi connectivity index (χ0n) is 8.60. The molecule has 2 atom stereocenters. The van der Waals surface area contributed by atoms with Gasteiger partial charge >= 0.3 is 0 Å². The molecule has 0 aliphatic carbocycles. The number of primary amides is 1. The minimum atomic E-state index is -0.565. The van der Waals surface area contributed by atoms with Crippen molar-refractivity contribution in [3.63, 3.8) is 0 Å². The van der Waals surface area contributed by atoms with Crippen LogP contribution in [-0.2, 0) is 11.2 Å². The number of nitrogens with zero attached hydrogens (tertiary/aromatic N) is 2. The maximum Gasteiger partial charge on any atom is 0.234 e. The Hall–Kier alpha value is -1.36. The van der Waals surface area contributed by atoms with E-state index < -0.39 is 11.9 Å². The van der Waals surface area contributed by atoms with Crippen molar-refractivity contribution in [2.45, 2.75) is 37.8 Å². The molecule has 0 fully saturated rings. The van der Waals surface area contributed by atoms with Crippen molar-refractivity contribution >= 4 is 5.91 Å². The molecule has 4 N–H and O–H groups in total. The van der Waals surface area contributed by atoms with Gasteiger partial charge in [0.15, 0.2) is 0 Å². The molecule has 15 heavy (non-hydrogen) atoms. The number of nitrogens with two attached hydrogens (primary N) is 2. The average molecular weight is 208 g/mol. The van der Waals surface area contributed by atoms with Crippen molar-refractivity contribution in [2.24, 2.45) is 11.5 Å². The van der Waals surface area contributed by atoms with Gasteiger partial charge in [-0.1, -0.05) is 0 Å². The highest BCUT2D eigenvalue weighted by Crippen LogP contribution is 2.26. The van der Waals surface area contributed by atoms with Crippen LogP contribution in [0, 0.1) is 0 Å². The molecule has 0 bridgehead atoms. The summed E-state index contributed by atoms with van der Waals surface area (Å²) in [5.41, 5.74) is 12.0. The van der Waals surface area contributed by atoms with Crippen LogP contribution in [0.2, 0.25) is 0 Å². The van der Waals surface area contributed by atoms with Crippen LogP contribution in [0.25, 0.3) is 0 Å². The summed E-state index contributed by atoms with van der Waals surface area (Å²) in [7, 11) is 0. The Morgan fingerprint density at radius 1 is 1.73 bits per heavy atom. The molecule has 2 heterocycles. The Kier molecular flexibility index (Phi) is 2.73. The van der Waals surface area contributed by atoms with Gasteiger partial charge in [-0.25, -0.2) is 0 Å². The molecule has 0 aromatic carbocycles. The lowest BCUT2D eigenvalue weighted by Gasteiger charge is -2.26. The average Bonchev–Trinajstić information content (AvgIpc) is 2.66. The number of hydrogen-bond donors (Lipinski definition) is 2. The van der Waals surface area contributed by atoms with Crippen LogP contribution >= 0.6 is 0 Å². The van der Waals surface area contributed by atoms with Crippen LogP contribution in [-0.4, -0.2) is 21.7 Å². The van der Waals surface area contributed by atoms with Crippen LogP contribution in [0.15, 0.2) is 12.3 Å². The number of carbonyl (C=O) groups excluding carboxylic acids is 1. The van der Waals surface area contributed by atoms with Crippen molar-refractivity contribution < 1.29 is 4.79 Å². The lowest BCUT2D eigenvalue weighted by molar-refractivity contribution is -0.119. The zero-order valence-corrected chi connectivity index (χ0v) is 8.60. The number of fused-ring (bicyclic) bond motifs is 1. The van der Waals surface area contributed by atoms with E-state index in [-0.39, 0.29) is 6.04 Å².